The number of hydrogen-bond donors (Lipinski definition) is 0. The van der Waals surface area contributed by atoms with Crippen molar-refractivity contribution in [2.24, 2.45) is 4.99 Å². The minimum Gasteiger partial charge on any atom is -0.255 e. The molecule has 0 fully saturated rings. The minimum absolute atomic E-state index is 0.707. The summed E-state index contributed by atoms with van der Waals surface area (Å²) in [6, 6.07) is 15.5. The fraction of sp³-hybridized carbons (Fsp3) is 0. The zero-order chi connectivity index (χ0) is 13.2. The highest BCUT2D eigenvalue weighted by atomic mass is 35.5. The number of halogens is 2. The van der Waals surface area contributed by atoms with Crippen molar-refractivity contribution in [1.82, 2.24) is 0 Å². The lowest BCUT2D eigenvalue weighted by atomic mass is 10.2. The Morgan fingerprint density at radius 3 is 2.42 bits per heavy atom. The fourth-order valence-corrected chi connectivity index (χ4v) is 3.26. The van der Waals surface area contributed by atoms with Gasteiger partial charge in [0, 0.05) is 21.3 Å². The van der Waals surface area contributed by atoms with Gasteiger partial charge in [-0.15, -0.1) is 11.3 Å². The zero-order valence-corrected chi connectivity index (χ0v) is 12.1. The van der Waals surface area contributed by atoms with Gasteiger partial charge in [0.25, 0.3) is 0 Å². The van der Waals surface area contributed by atoms with Gasteiger partial charge in [0.15, 0.2) is 0 Å². The fourth-order valence-electron chi connectivity index (χ4n) is 1.78. The van der Waals surface area contributed by atoms with Gasteiger partial charge in [-0.2, -0.15) is 0 Å². The Morgan fingerprint density at radius 2 is 1.68 bits per heavy atom. The number of benzene rings is 2. The van der Waals surface area contributed by atoms with E-state index in [0.717, 1.165) is 21.0 Å². The predicted octanol–water partition coefficient (Wildman–Crippen LogP) is 5.96. The summed E-state index contributed by atoms with van der Waals surface area (Å²) in [5.41, 5.74) is 0.859. The molecule has 0 saturated carbocycles. The molecule has 0 amide bonds. The summed E-state index contributed by atoms with van der Waals surface area (Å²) in [4.78, 5) is 5.39. The summed E-state index contributed by atoms with van der Waals surface area (Å²) in [7, 11) is 0. The summed E-state index contributed by atoms with van der Waals surface area (Å²) >= 11 is 13.8. The lowest BCUT2D eigenvalue weighted by Gasteiger charge is -1.93. The topological polar surface area (TPSA) is 12.4 Å². The van der Waals surface area contributed by atoms with Gasteiger partial charge >= 0.3 is 0 Å². The summed E-state index contributed by atoms with van der Waals surface area (Å²) < 4.78 is 1.17. The SMILES string of the molecule is Clc1ccc(N=Cc2sc3ccccc3c2Cl)cc1. The molecular weight excluding hydrogens is 297 g/mol. The normalized spacial score (nSPS) is 11.5. The van der Waals surface area contributed by atoms with E-state index in [0.29, 0.717) is 5.02 Å². The molecule has 2 aromatic carbocycles. The third-order valence-electron chi connectivity index (χ3n) is 2.72. The van der Waals surface area contributed by atoms with Gasteiger partial charge in [-0.1, -0.05) is 41.4 Å². The van der Waals surface area contributed by atoms with E-state index >= 15 is 0 Å². The van der Waals surface area contributed by atoms with Gasteiger partial charge in [-0.25, -0.2) is 0 Å². The summed E-state index contributed by atoms with van der Waals surface area (Å²) in [6.07, 6.45) is 1.80. The number of thiophene rings is 1. The maximum atomic E-state index is 6.35. The van der Waals surface area contributed by atoms with Crippen LogP contribution in [-0.2, 0) is 0 Å². The number of fused-ring (bicyclic) bond motifs is 1. The molecule has 0 N–H and O–H groups in total. The molecule has 1 aromatic heterocycles. The second-order valence-corrected chi connectivity index (χ2v) is 5.91. The Hall–Kier alpha value is -1.35. The van der Waals surface area contributed by atoms with E-state index in [-0.39, 0.29) is 0 Å². The monoisotopic (exact) mass is 305 g/mol. The van der Waals surface area contributed by atoms with Crippen molar-refractivity contribution in [2.75, 3.05) is 0 Å². The largest absolute Gasteiger partial charge is 0.255 e. The van der Waals surface area contributed by atoms with Crippen LogP contribution in [-0.4, -0.2) is 6.21 Å². The van der Waals surface area contributed by atoms with Crippen molar-refractivity contribution in [1.29, 1.82) is 0 Å². The van der Waals surface area contributed by atoms with Crippen molar-refractivity contribution in [2.45, 2.75) is 0 Å². The van der Waals surface area contributed by atoms with Crippen molar-refractivity contribution < 1.29 is 0 Å². The first-order chi connectivity index (χ1) is 9.24. The third-order valence-corrected chi connectivity index (χ3v) is 4.59. The zero-order valence-electron chi connectivity index (χ0n) is 9.81. The van der Waals surface area contributed by atoms with Crippen LogP contribution in [0, 0.1) is 0 Å². The van der Waals surface area contributed by atoms with Crippen LogP contribution in [0.25, 0.3) is 10.1 Å². The highest BCUT2D eigenvalue weighted by molar-refractivity contribution is 7.21. The molecule has 94 valence electrons. The Labute approximate surface area is 125 Å². The van der Waals surface area contributed by atoms with Crippen LogP contribution in [0.4, 0.5) is 5.69 Å². The molecule has 1 heterocycles. The van der Waals surface area contributed by atoms with Crippen LogP contribution in [0.3, 0.4) is 0 Å². The molecular formula is C15H9Cl2NS. The Morgan fingerprint density at radius 1 is 0.947 bits per heavy atom. The van der Waals surface area contributed by atoms with Crippen molar-refractivity contribution >= 4 is 56.5 Å². The van der Waals surface area contributed by atoms with Crippen LogP contribution in [0.15, 0.2) is 53.5 Å². The molecule has 0 bridgehead atoms. The van der Waals surface area contributed by atoms with E-state index in [9.17, 15) is 0 Å². The third kappa shape index (κ3) is 2.66. The van der Waals surface area contributed by atoms with Gasteiger partial charge in [-0.3, -0.25) is 4.99 Å². The standard InChI is InChI=1S/C15H9Cl2NS/c16-10-5-7-11(8-6-10)18-9-14-15(17)12-3-1-2-4-13(12)19-14/h1-9H. The molecule has 19 heavy (non-hydrogen) atoms. The first-order valence-electron chi connectivity index (χ1n) is 5.71. The Bertz CT molecular complexity index is 744. The molecule has 3 rings (SSSR count). The molecule has 0 saturated heterocycles. The first kappa shape index (κ1) is 12.7. The lowest BCUT2D eigenvalue weighted by Crippen LogP contribution is -1.74. The maximum Gasteiger partial charge on any atom is 0.0680 e. The van der Waals surface area contributed by atoms with Gasteiger partial charge in [0.1, 0.15) is 0 Å². The minimum atomic E-state index is 0.707. The van der Waals surface area contributed by atoms with Gasteiger partial charge < -0.3 is 0 Å². The molecule has 0 unspecified atom stereocenters. The average Bonchev–Trinajstić information content (AvgIpc) is 2.76. The number of rotatable bonds is 2. The molecule has 0 aliphatic rings. The molecule has 0 aliphatic heterocycles. The summed E-state index contributed by atoms with van der Waals surface area (Å²) in [5.74, 6) is 0. The number of hydrogen-bond acceptors (Lipinski definition) is 2. The number of aliphatic imine (C=N–C) groups is 1. The molecule has 0 radical (unpaired) electrons. The molecule has 4 heteroatoms. The van der Waals surface area contributed by atoms with Crippen LogP contribution < -0.4 is 0 Å². The van der Waals surface area contributed by atoms with E-state index in [2.05, 4.69) is 11.1 Å². The van der Waals surface area contributed by atoms with Crippen molar-refractivity contribution in [3.05, 3.63) is 63.5 Å². The summed E-state index contributed by atoms with van der Waals surface area (Å²) in [5, 5.41) is 2.55. The predicted molar refractivity (Wildman–Crippen MR) is 85.5 cm³/mol. The Balaban J connectivity index is 1.97. The van der Waals surface area contributed by atoms with Gasteiger partial charge in [0.2, 0.25) is 0 Å². The van der Waals surface area contributed by atoms with E-state index in [4.69, 9.17) is 23.2 Å². The average molecular weight is 306 g/mol. The van der Waals surface area contributed by atoms with E-state index < -0.39 is 0 Å². The van der Waals surface area contributed by atoms with E-state index in [1.807, 2.05) is 42.5 Å². The van der Waals surface area contributed by atoms with Gasteiger partial charge in [0.05, 0.1) is 15.6 Å². The molecule has 0 spiro atoms. The van der Waals surface area contributed by atoms with Crippen LogP contribution in [0.1, 0.15) is 4.88 Å². The molecule has 0 atom stereocenters. The maximum absolute atomic E-state index is 6.35. The quantitative estimate of drug-likeness (QED) is 0.518. The molecule has 3 aromatic rings. The Kier molecular flexibility index (Phi) is 3.56. The smallest absolute Gasteiger partial charge is 0.0680 e. The first-order valence-corrected chi connectivity index (χ1v) is 7.28. The van der Waals surface area contributed by atoms with E-state index in [1.54, 1.807) is 17.6 Å². The van der Waals surface area contributed by atoms with Crippen molar-refractivity contribution in [3.63, 3.8) is 0 Å². The second kappa shape index (κ2) is 5.33. The van der Waals surface area contributed by atoms with Crippen LogP contribution in [0.2, 0.25) is 10.0 Å². The van der Waals surface area contributed by atoms with Crippen molar-refractivity contribution in [3.8, 4) is 0 Å². The van der Waals surface area contributed by atoms with Crippen LogP contribution >= 0.6 is 34.5 Å². The second-order valence-electron chi connectivity index (χ2n) is 4.01. The molecule has 0 aliphatic carbocycles. The number of nitrogens with zero attached hydrogens (tertiary/aromatic N) is 1. The molecule has 1 nitrogen and oxygen atoms in total. The van der Waals surface area contributed by atoms with Crippen LogP contribution in [0.5, 0.6) is 0 Å². The lowest BCUT2D eigenvalue weighted by molar-refractivity contribution is 1.54. The highest BCUT2D eigenvalue weighted by Gasteiger charge is 2.07. The van der Waals surface area contributed by atoms with E-state index in [1.165, 1.54) is 4.70 Å². The van der Waals surface area contributed by atoms with Gasteiger partial charge in [-0.05, 0) is 30.3 Å². The summed E-state index contributed by atoms with van der Waals surface area (Å²) in [6.45, 7) is 0. The highest BCUT2D eigenvalue weighted by Crippen LogP contribution is 2.34.